The molecule has 0 N–H and O–H groups in total. The molecule has 1 atom stereocenters. The van der Waals surface area contributed by atoms with E-state index in [-0.39, 0.29) is 11.3 Å². The molecule has 110 valence electrons. The number of nitrogens with zero attached hydrogens (tertiary/aromatic N) is 1. The van der Waals surface area contributed by atoms with Crippen molar-refractivity contribution in [2.24, 2.45) is 11.3 Å². The number of rotatable bonds is 4. The Labute approximate surface area is 123 Å². The Hall–Kier alpha value is -1.31. The van der Waals surface area contributed by atoms with Gasteiger partial charge in [0.2, 0.25) is 0 Å². The predicted molar refractivity (Wildman–Crippen MR) is 85.2 cm³/mol. The second-order valence-electron chi connectivity index (χ2n) is 6.71. The van der Waals surface area contributed by atoms with E-state index in [2.05, 4.69) is 56.9 Å². The Morgan fingerprint density at radius 2 is 2.10 bits per heavy atom. The maximum Gasteiger partial charge on any atom is 0.143 e. The molecule has 1 aromatic carbocycles. The summed E-state index contributed by atoms with van der Waals surface area (Å²) in [7, 11) is 0. The molecule has 0 amide bonds. The van der Waals surface area contributed by atoms with Crippen LogP contribution in [0.4, 0.5) is 5.69 Å². The van der Waals surface area contributed by atoms with E-state index in [1.54, 1.807) is 0 Å². The van der Waals surface area contributed by atoms with Crippen LogP contribution in [0, 0.1) is 18.3 Å². The molecular formula is C18H27NO. The fraction of sp³-hybridized carbons (Fsp3) is 0.611. The maximum absolute atomic E-state index is 12.6. The van der Waals surface area contributed by atoms with Gasteiger partial charge >= 0.3 is 0 Å². The quantitative estimate of drug-likeness (QED) is 0.818. The van der Waals surface area contributed by atoms with E-state index in [9.17, 15) is 4.79 Å². The van der Waals surface area contributed by atoms with Crippen LogP contribution in [0.5, 0.6) is 0 Å². The predicted octanol–water partition coefficient (Wildman–Crippen LogP) is 4.22. The number of Topliss-reactive ketones (excluding diaryl/α,β-unsaturated/α-hetero) is 1. The number of ketones is 1. The molecule has 1 aliphatic rings. The van der Waals surface area contributed by atoms with Crippen molar-refractivity contribution in [3.05, 3.63) is 29.8 Å². The number of hydrogen-bond donors (Lipinski definition) is 0. The highest BCUT2D eigenvalue weighted by molar-refractivity contribution is 5.87. The number of anilines is 1. The second-order valence-corrected chi connectivity index (χ2v) is 6.71. The highest BCUT2D eigenvalue weighted by atomic mass is 16.1. The molecule has 1 unspecified atom stereocenters. The third-order valence-corrected chi connectivity index (χ3v) is 4.58. The fourth-order valence-electron chi connectivity index (χ4n) is 3.28. The largest absolute Gasteiger partial charge is 0.371 e. The lowest BCUT2D eigenvalue weighted by Crippen LogP contribution is -2.41. The summed E-state index contributed by atoms with van der Waals surface area (Å²) in [6, 6.07) is 8.57. The summed E-state index contributed by atoms with van der Waals surface area (Å²) >= 11 is 0. The van der Waals surface area contributed by atoms with Gasteiger partial charge in [-0.3, -0.25) is 4.79 Å². The molecule has 1 aliphatic carbocycles. The van der Waals surface area contributed by atoms with Crippen molar-refractivity contribution in [2.45, 2.75) is 47.0 Å². The first-order valence-electron chi connectivity index (χ1n) is 7.80. The maximum atomic E-state index is 12.6. The zero-order valence-electron chi connectivity index (χ0n) is 13.3. The molecule has 1 fully saturated rings. The standard InChI is InChI=1S/C18H27NO/c1-5-19(16-10-6-8-14(2)12-16)13-15-9-7-11-18(3,4)17(15)20/h6,8,10,12,15H,5,7,9,11,13H2,1-4H3. The van der Waals surface area contributed by atoms with Crippen molar-refractivity contribution in [1.82, 2.24) is 0 Å². The van der Waals surface area contributed by atoms with Crippen LogP contribution in [0.15, 0.2) is 24.3 Å². The highest BCUT2D eigenvalue weighted by Crippen LogP contribution is 2.36. The third-order valence-electron chi connectivity index (χ3n) is 4.58. The first-order chi connectivity index (χ1) is 9.44. The van der Waals surface area contributed by atoms with Crippen LogP contribution in [-0.2, 0) is 4.79 Å². The first kappa shape index (κ1) is 15.1. The minimum Gasteiger partial charge on any atom is -0.371 e. The molecule has 0 aliphatic heterocycles. The molecule has 0 saturated heterocycles. The number of carbonyl (C=O) groups excluding carboxylic acids is 1. The molecular weight excluding hydrogens is 246 g/mol. The zero-order chi connectivity index (χ0) is 14.8. The van der Waals surface area contributed by atoms with Gasteiger partial charge in [-0.15, -0.1) is 0 Å². The summed E-state index contributed by atoms with van der Waals surface area (Å²) in [6.45, 7) is 10.3. The molecule has 0 radical (unpaired) electrons. The first-order valence-corrected chi connectivity index (χ1v) is 7.80. The van der Waals surface area contributed by atoms with Crippen molar-refractivity contribution in [3.63, 3.8) is 0 Å². The van der Waals surface area contributed by atoms with Gasteiger partial charge in [-0.25, -0.2) is 0 Å². The van der Waals surface area contributed by atoms with E-state index in [4.69, 9.17) is 0 Å². The monoisotopic (exact) mass is 273 g/mol. The Bertz CT molecular complexity index is 478. The van der Waals surface area contributed by atoms with Crippen LogP contribution in [0.3, 0.4) is 0 Å². The molecule has 1 saturated carbocycles. The van der Waals surface area contributed by atoms with Gasteiger partial charge in [-0.1, -0.05) is 32.4 Å². The number of carbonyl (C=O) groups is 1. The molecule has 0 aromatic heterocycles. The van der Waals surface area contributed by atoms with Gasteiger partial charge in [0, 0.05) is 30.1 Å². The Kier molecular flexibility index (Phi) is 4.52. The molecule has 0 spiro atoms. The lowest BCUT2D eigenvalue weighted by molar-refractivity contribution is -0.133. The summed E-state index contributed by atoms with van der Waals surface area (Å²) < 4.78 is 0. The van der Waals surface area contributed by atoms with Gasteiger partial charge in [0.1, 0.15) is 5.78 Å². The van der Waals surface area contributed by atoms with Gasteiger partial charge in [0.15, 0.2) is 0 Å². The number of aryl methyl sites for hydroxylation is 1. The minimum atomic E-state index is -0.130. The van der Waals surface area contributed by atoms with Crippen molar-refractivity contribution in [1.29, 1.82) is 0 Å². The van der Waals surface area contributed by atoms with E-state index in [0.717, 1.165) is 25.9 Å². The topological polar surface area (TPSA) is 20.3 Å². The number of hydrogen-bond acceptors (Lipinski definition) is 2. The molecule has 1 aromatic rings. The highest BCUT2D eigenvalue weighted by Gasteiger charge is 2.37. The summed E-state index contributed by atoms with van der Waals surface area (Å²) in [6.07, 6.45) is 3.26. The van der Waals surface area contributed by atoms with E-state index in [1.165, 1.54) is 17.7 Å². The van der Waals surface area contributed by atoms with Crippen LogP contribution >= 0.6 is 0 Å². The van der Waals surface area contributed by atoms with Crippen LogP contribution < -0.4 is 4.90 Å². The van der Waals surface area contributed by atoms with Crippen LogP contribution in [-0.4, -0.2) is 18.9 Å². The average Bonchev–Trinajstić information content (AvgIpc) is 2.40. The fourth-order valence-corrected chi connectivity index (χ4v) is 3.28. The van der Waals surface area contributed by atoms with E-state index >= 15 is 0 Å². The average molecular weight is 273 g/mol. The summed E-state index contributed by atoms with van der Waals surface area (Å²) in [5.74, 6) is 0.647. The lowest BCUT2D eigenvalue weighted by Gasteiger charge is -2.36. The summed E-state index contributed by atoms with van der Waals surface area (Å²) in [5.41, 5.74) is 2.38. The minimum absolute atomic E-state index is 0.130. The van der Waals surface area contributed by atoms with Crippen LogP contribution in [0.1, 0.15) is 45.6 Å². The van der Waals surface area contributed by atoms with E-state index in [0.29, 0.717) is 5.78 Å². The summed E-state index contributed by atoms with van der Waals surface area (Å²) in [4.78, 5) is 14.9. The van der Waals surface area contributed by atoms with Crippen molar-refractivity contribution in [3.8, 4) is 0 Å². The molecule has 2 heteroatoms. The Morgan fingerprint density at radius 3 is 2.75 bits per heavy atom. The molecule has 0 bridgehead atoms. The lowest BCUT2D eigenvalue weighted by atomic mass is 9.71. The van der Waals surface area contributed by atoms with Gasteiger partial charge in [0.25, 0.3) is 0 Å². The van der Waals surface area contributed by atoms with Gasteiger partial charge in [-0.2, -0.15) is 0 Å². The Balaban J connectivity index is 2.12. The zero-order valence-corrected chi connectivity index (χ0v) is 13.3. The molecule has 0 heterocycles. The molecule has 2 nitrogen and oxygen atoms in total. The van der Waals surface area contributed by atoms with Gasteiger partial charge in [-0.05, 0) is 44.4 Å². The number of benzene rings is 1. The van der Waals surface area contributed by atoms with Crippen molar-refractivity contribution in [2.75, 3.05) is 18.0 Å². The van der Waals surface area contributed by atoms with Crippen LogP contribution in [0.25, 0.3) is 0 Å². The normalized spacial score (nSPS) is 21.8. The van der Waals surface area contributed by atoms with Crippen molar-refractivity contribution >= 4 is 11.5 Å². The van der Waals surface area contributed by atoms with Crippen molar-refractivity contribution < 1.29 is 4.79 Å². The van der Waals surface area contributed by atoms with Crippen LogP contribution in [0.2, 0.25) is 0 Å². The van der Waals surface area contributed by atoms with E-state index in [1.807, 2.05) is 0 Å². The molecule has 20 heavy (non-hydrogen) atoms. The third kappa shape index (κ3) is 3.23. The summed E-state index contributed by atoms with van der Waals surface area (Å²) in [5, 5.41) is 0. The molecule has 2 rings (SSSR count). The smallest absolute Gasteiger partial charge is 0.143 e. The second kappa shape index (κ2) is 5.99. The Morgan fingerprint density at radius 1 is 1.35 bits per heavy atom. The van der Waals surface area contributed by atoms with Gasteiger partial charge in [0.05, 0.1) is 0 Å². The van der Waals surface area contributed by atoms with E-state index < -0.39 is 0 Å². The SMILES string of the molecule is CCN(CC1CCCC(C)(C)C1=O)c1cccc(C)c1. The van der Waals surface area contributed by atoms with Gasteiger partial charge < -0.3 is 4.90 Å².